The van der Waals surface area contributed by atoms with Gasteiger partial charge in [-0.1, -0.05) is 0 Å². The second-order valence-electron chi connectivity index (χ2n) is 4.08. The first kappa shape index (κ1) is 10.9. The van der Waals surface area contributed by atoms with Gasteiger partial charge in [-0.25, -0.2) is 0 Å². The number of carbonyl (C=O) groups is 2. The van der Waals surface area contributed by atoms with Crippen LogP contribution in [0.25, 0.3) is 0 Å². The molecule has 0 aromatic rings. The number of aliphatic hydroxyl groups is 1. The van der Waals surface area contributed by atoms with Crippen LogP contribution in [-0.4, -0.2) is 34.0 Å². The van der Waals surface area contributed by atoms with E-state index in [-0.39, 0.29) is 11.8 Å². The first-order valence-electron chi connectivity index (χ1n) is 4.66. The molecule has 1 heterocycles. The van der Waals surface area contributed by atoms with Gasteiger partial charge in [0.05, 0.1) is 5.60 Å². The minimum Gasteiger partial charge on any atom is -0.390 e. The summed E-state index contributed by atoms with van der Waals surface area (Å²) in [6.45, 7) is 3.80. The summed E-state index contributed by atoms with van der Waals surface area (Å²) in [5, 5.41) is 9.42. The Balaban J connectivity index is 2.33. The molecular formula is C10H15NO3. The molecule has 0 bridgehead atoms. The molecule has 4 nitrogen and oxygen atoms in total. The van der Waals surface area contributed by atoms with E-state index in [9.17, 15) is 14.7 Å². The summed E-state index contributed by atoms with van der Waals surface area (Å²) in [4.78, 5) is 23.4. The minimum absolute atomic E-state index is 0.259. The van der Waals surface area contributed by atoms with E-state index >= 15 is 0 Å². The van der Waals surface area contributed by atoms with Crippen LogP contribution in [0, 0.1) is 0 Å². The van der Waals surface area contributed by atoms with Gasteiger partial charge in [-0.15, -0.1) is 0 Å². The zero-order valence-electron chi connectivity index (χ0n) is 8.49. The van der Waals surface area contributed by atoms with Crippen LogP contribution >= 0.6 is 0 Å². The highest BCUT2D eigenvalue weighted by Gasteiger charge is 2.23. The maximum Gasteiger partial charge on any atom is 0.253 e. The Labute approximate surface area is 83.2 Å². The van der Waals surface area contributed by atoms with Crippen molar-refractivity contribution < 1.29 is 14.7 Å². The predicted octanol–water partition coefficient (Wildman–Crippen LogP) is 0.462. The van der Waals surface area contributed by atoms with Gasteiger partial charge in [-0.3, -0.25) is 14.5 Å². The van der Waals surface area contributed by atoms with Crippen LogP contribution in [0.3, 0.4) is 0 Å². The molecule has 0 saturated heterocycles. The molecule has 78 valence electrons. The predicted molar refractivity (Wildman–Crippen MR) is 51.4 cm³/mol. The summed E-state index contributed by atoms with van der Waals surface area (Å²) in [6, 6.07) is 0. The normalized spacial score (nSPS) is 16.9. The van der Waals surface area contributed by atoms with E-state index in [1.165, 1.54) is 17.1 Å². The van der Waals surface area contributed by atoms with E-state index in [1.807, 2.05) is 0 Å². The van der Waals surface area contributed by atoms with Crippen LogP contribution in [-0.2, 0) is 9.59 Å². The van der Waals surface area contributed by atoms with E-state index in [1.54, 1.807) is 13.8 Å². The molecule has 0 spiro atoms. The lowest BCUT2D eigenvalue weighted by Gasteiger charge is -2.19. The van der Waals surface area contributed by atoms with Crippen molar-refractivity contribution in [3.8, 4) is 0 Å². The average Bonchev–Trinajstić information content (AvgIpc) is 2.33. The molecule has 0 aliphatic carbocycles. The number of imide groups is 1. The molecule has 0 atom stereocenters. The Bertz CT molecular complexity index is 258. The van der Waals surface area contributed by atoms with E-state index in [4.69, 9.17) is 0 Å². The molecule has 0 unspecified atom stereocenters. The maximum absolute atomic E-state index is 11.1. The number of hydrogen-bond acceptors (Lipinski definition) is 3. The maximum atomic E-state index is 11.1. The highest BCUT2D eigenvalue weighted by atomic mass is 16.3. The van der Waals surface area contributed by atoms with Gasteiger partial charge in [-0.2, -0.15) is 0 Å². The van der Waals surface area contributed by atoms with Crippen molar-refractivity contribution in [3.63, 3.8) is 0 Å². The third-order valence-electron chi connectivity index (χ3n) is 2.07. The molecule has 1 rings (SSSR count). The molecule has 0 saturated carbocycles. The van der Waals surface area contributed by atoms with Gasteiger partial charge in [-0.05, 0) is 26.7 Å². The Morgan fingerprint density at radius 3 is 2.21 bits per heavy atom. The number of hydrogen-bond donors (Lipinski definition) is 1. The molecule has 1 aliphatic heterocycles. The van der Waals surface area contributed by atoms with Gasteiger partial charge in [0, 0.05) is 18.7 Å². The summed E-state index contributed by atoms with van der Waals surface area (Å²) in [6.07, 6.45) is 3.74. The van der Waals surface area contributed by atoms with Crippen molar-refractivity contribution in [2.75, 3.05) is 6.54 Å². The smallest absolute Gasteiger partial charge is 0.253 e. The van der Waals surface area contributed by atoms with Crippen molar-refractivity contribution in [1.82, 2.24) is 4.90 Å². The second-order valence-corrected chi connectivity index (χ2v) is 4.08. The van der Waals surface area contributed by atoms with Crippen molar-refractivity contribution in [2.24, 2.45) is 0 Å². The van der Waals surface area contributed by atoms with Crippen LogP contribution < -0.4 is 0 Å². The van der Waals surface area contributed by atoms with Crippen LogP contribution in [0.5, 0.6) is 0 Å². The average molecular weight is 197 g/mol. The van der Waals surface area contributed by atoms with Gasteiger partial charge in [0.25, 0.3) is 11.8 Å². The SMILES string of the molecule is CC(C)(O)CCCN1C(=O)C=CC1=O. The van der Waals surface area contributed by atoms with Gasteiger partial charge >= 0.3 is 0 Å². The molecule has 1 N–H and O–H groups in total. The summed E-state index contributed by atoms with van der Waals surface area (Å²) < 4.78 is 0. The van der Waals surface area contributed by atoms with E-state index in [0.29, 0.717) is 19.4 Å². The molecule has 14 heavy (non-hydrogen) atoms. The lowest BCUT2D eigenvalue weighted by atomic mass is 10.0. The van der Waals surface area contributed by atoms with Crippen LogP contribution in [0.4, 0.5) is 0 Å². The number of amides is 2. The molecule has 0 radical (unpaired) electrons. The highest BCUT2D eigenvalue weighted by molar-refractivity contribution is 6.12. The second kappa shape index (κ2) is 3.92. The number of nitrogens with zero attached hydrogens (tertiary/aromatic N) is 1. The Morgan fingerprint density at radius 2 is 1.79 bits per heavy atom. The fraction of sp³-hybridized carbons (Fsp3) is 0.600. The third kappa shape index (κ3) is 2.96. The molecular weight excluding hydrogens is 182 g/mol. The standard InChI is InChI=1S/C10H15NO3/c1-10(2,14)6-3-7-11-8(12)4-5-9(11)13/h4-5,14H,3,6-7H2,1-2H3. The number of rotatable bonds is 4. The summed E-state index contributed by atoms with van der Waals surface area (Å²) in [5.74, 6) is -0.517. The van der Waals surface area contributed by atoms with Crippen LogP contribution in [0.2, 0.25) is 0 Å². The van der Waals surface area contributed by atoms with E-state index < -0.39 is 5.60 Å². The molecule has 2 amide bonds. The van der Waals surface area contributed by atoms with E-state index in [0.717, 1.165) is 0 Å². The third-order valence-corrected chi connectivity index (χ3v) is 2.07. The highest BCUT2D eigenvalue weighted by Crippen LogP contribution is 2.12. The van der Waals surface area contributed by atoms with Crippen molar-refractivity contribution >= 4 is 11.8 Å². The Kier molecular flexibility index (Phi) is 3.06. The lowest BCUT2D eigenvalue weighted by molar-refractivity contribution is -0.137. The fourth-order valence-corrected chi connectivity index (χ4v) is 1.32. The van der Waals surface area contributed by atoms with Gasteiger partial charge in [0.2, 0.25) is 0 Å². The first-order chi connectivity index (χ1) is 6.40. The van der Waals surface area contributed by atoms with Crippen molar-refractivity contribution in [3.05, 3.63) is 12.2 Å². The minimum atomic E-state index is -0.737. The lowest BCUT2D eigenvalue weighted by Crippen LogP contribution is -2.32. The largest absolute Gasteiger partial charge is 0.390 e. The van der Waals surface area contributed by atoms with Gasteiger partial charge in [0.1, 0.15) is 0 Å². The Hall–Kier alpha value is -1.16. The zero-order chi connectivity index (χ0) is 10.8. The first-order valence-corrected chi connectivity index (χ1v) is 4.66. The van der Waals surface area contributed by atoms with Crippen LogP contribution in [0.15, 0.2) is 12.2 Å². The molecule has 1 aliphatic rings. The van der Waals surface area contributed by atoms with Gasteiger partial charge < -0.3 is 5.11 Å². The number of carbonyl (C=O) groups excluding carboxylic acids is 2. The molecule has 4 heteroatoms. The zero-order valence-corrected chi connectivity index (χ0v) is 8.49. The van der Waals surface area contributed by atoms with Crippen molar-refractivity contribution in [1.29, 1.82) is 0 Å². The quantitative estimate of drug-likeness (QED) is 0.666. The molecule has 0 aromatic carbocycles. The fourth-order valence-electron chi connectivity index (χ4n) is 1.32. The summed E-state index contributed by atoms with van der Waals surface area (Å²) >= 11 is 0. The molecule has 0 fully saturated rings. The Morgan fingerprint density at radius 1 is 1.29 bits per heavy atom. The van der Waals surface area contributed by atoms with Crippen LogP contribution in [0.1, 0.15) is 26.7 Å². The topological polar surface area (TPSA) is 57.6 Å². The summed E-state index contributed by atoms with van der Waals surface area (Å²) in [5.41, 5.74) is -0.737. The van der Waals surface area contributed by atoms with Gasteiger partial charge in [0.15, 0.2) is 0 Å². The monoisotopic (exact) mass is 197 g/mol. The van der Waals surface area contributed by atoms with Crippen molar-refractivity contribution in [2.45, 2.75) is 32.3 Å². The van der Waals surface area contributed by atoms with E-state index in [2.05, 4.69) is 0 Å². The summed E-state index contributed by atoms with van der Waals surface area (Å²) in [7, 11) is 0. The molecule has 0 aromatic heterocycles.